The number of likely N-dealkylation sites (N-methyl/N-ethyl adjacent to an activating group) is 1. The lowest BCUT2D eigenvalue weighted by Gasteiger charge is -2.17. The molecule has 0 bridgehead atoms. The zero-order valence-corrected chi connectivity index (χ0v) is 13.2. The van der Waals surface area contributed by atoms with Crippen molar-refractivity contribution in [2.75, 3.05) is 18.6 Å². The molecular formula is C15H13BrClNO2. The first-order chi connectivity index (χ1) is 9.58. The molecule has 0 aromatic heterocycles. The molecule has 0 aliphatic carbocycles. The Labute approximate surface area is 131 Å². The minimum absolute atomic E-state index is 0.0361. The predicted molar refractivity (Wildman–Crippen MR) is 84.5 cm³/mol. The van der Waals surface area contributed by atoms with Crippen molar-refractivity contribution in [2.24, 2.45) is 0 Å². The third kappa shape index (κ3) is 3.74. The molecule has 0 saturated heterocycles. The molecule has 0 unspecified atom stereocenters. The lowest BCUT2D eigenvalue weighted by molar-refractivity contribution is -0.120. The molecule has 104 valence electrons. The Bertz CT molecular complexity index is 604. The summed E-state index contributed by atoms with van der Waals surface area (Å²) in [6.45, 7) is -0.0361. The van der Waals surface area contributed by atoms with Crippen LogP contribution in [0.4, 0.5) is 5.69 Å². The highest BCUT2D eigenvalue weighted by molar-refractivity contribution is 9.10. The number of halogens is 2. The summed E-state index contributed by atoms with van der Waals surface area (Å²) in [6.07, 6.45) is 0. The molecule has 2 rings (SSSR count). The van der Waals surface area contributed by atoms with E-state index in [0.717, 1.165) is 10.2 Å². The van der Waals surface area contributed by atoms with Gasteiger partial charge in [0, 0.05) is 17.8 Å². The average Bonchev–Trinajstić information content (AvgIpc) is 2.46. The van der Waals surface area contributed by atoms with E-state index in [9.17, 15) is 4.79 Å². The van der Waals surface area contributed by atoms with E-state index in [-0.39, 0.29) is 12.5 Å². The van der Waals surface area contributed by atoms with Crippen LogP contribution in [0.15, 0.2) is 53.0 Å². The second-order valence-corrected chi connectivity index (χ2v) is 5.44. The van der Waals surface area contributed by atoms with Gasteiger partial charge in [0.25, 0.3) is 5.91 Å². The predicted octanol–water partition coefficient (Wildman–Crippen LogP) is 4.14. The highest BCUT2D eigenvalue weighted by atomic mass is 79.9. The first-order valence-electron chi connectivity index (χ1n) is 5.97. The molecule has 0 radical (unpaired) electrons. The number of rotatable bonds is 4. The van der Waals surface area contributed by atoms with Gasteiger partial charge in [0.15, 0.2) is 6.61 Å². The van der Waals surface area contributed by atoms with E-state index < -0.39 is 0 Å². The molecule has 3 nitrogen and oxygen atoms in total. The second-order valence-electron chi connectivity index (χ2n) is 4.15. The standard InChI is InChI=1S/C15H13BrClNO2/c1-18(12-5-3-2-4-6-12)15(19)10-20-14-8-7-11(17)9-13(14)16/h2-9H,10H2,1H3. The lowest BCUT2D eigenvalue weighted by atomic mass is 10.3. The van der Waals surface area contributed by atoms with Crippen LogP contribution in [0.25, 0.3) is 0 Å². The van der Waals surface area contributed by atoms with Crippen LogP contribution in [0, 0.1) is 0 Å². The first-order valence-corrected chi connectivity index (χ1v) is 7.14. The molecule has 1 amide bonds. The topological polar surface area (TPSA) is 29.5 Å². The molecule has 0 atom stereocenters. The zero-order chi connectivity index (χ0) is 14.5. The molecule has 0 aliphatic heterocycles. The van der Waals surface area contributed by atoms with Gasteiger partial charge in [0.1, 0.15) is 5.75 Å². The summed E-state index contributed by atoms with van der Waals surface area (Å²) >= 11 is 9.19. The normalized spacial score (nSPS) is 10.2. The average molecular weight is 355 g/mol. The van der Waals surface area contributed by atoms with Crippen molar-refractivity contribution in [3.63, 3.8) is 0 Å². The highest BCUT2D eigenvalue weighted by Gasteiger charge is 2.12. The lowest BCUT2D eigenvalue weighted by Crippen LogP contribution is -2.31. The summed E-state index contributed by atoms with van der Waals surface area (Å²) in [5.41, 5.74) is 0.830. The van der Waals surface area contributed by atoms with E-state index in [1.807, 2.05) is 30.3 Å². The smallest absolute Gasteiger partial charge is 0.264 e. The van der Waals surface area contributed by atoms with Crippen LogP contribution in [0.3, 0.4) is 0 Å². The number of hydrogen-bond acceptors (Lipinski definition) is 2. The van der Waals surface area contributed by atoms with Gasteiger partial charge in [-0.15, -0.1) is 0 Å². The van der Waals surface area contributed by atoms with Crippen LogP contribution in [-0.4, -0.2) is 19.6 Å². The summed E-state index contributed by atoms with van der Waals surface area (Å²) in [5, 5.41) is 0.608. The minimum Gasteiger partial charge on any atom is -0.483 e. The number of anilines is 1. The number of para-hydroxylation sites is 1. The highest BCUT2D eigenvalue weighted by Crippen LogP contribution is 2.28. The third-order valence-electron chi connectivity index (χ3n) is 2.76. The molecule has 20 heavy (non-hydrogen) atoms. The Kier molecular flexibility index (Phi) is 5.04. The Morgan fingerprint density at radius 1 is 1.25 bits per heavy atom. The molecule has 0 spiro atoms. The largest absolute Gasteiger partial charge is 0.483 e. The maximum absolute atomic E-state index is 12.1. The Morgan fingerprint density at radius 3 is 2.60 bits per heavy atom. The van der Waals surface area contributed by atoms with E-state index in [2.05, 4.69) is 15.9 Å². The van der Waals surface area contributed by atoms with E-state index in [4.69, 9.17) is 16.3 Å². The molecular weight excluding hydrogens is 342 g/mol. The van der Waals surface area contributed by atoms with E-state index in [0.29, 0.717) is 10.8 Å². The summed E-state index contributed by atoms with van der Waals surface area (Å²) in [4.78, 5) is 13.6. The summed E-state index contributed by atoms with van der Waals surface area (Å²) < 4.78 is 6.22. The number of amides is 1. The number of ether oxygens (including phenoxy) is 1. The molecule has 0 aliphatic rings. The van der Waals surface area contributed by atoms with Crippen molar-refractivity contribution in [3.8, 4) is 5.75 Å². The SMILES string of the molecule is CN(C(=O)COc1ccc(Cl)cc1Br)c1ccccc1. The van der Waals surface area contributed by atoms with Crippen molar-refractivity contribution in [2.45, 2.75) is 0 Å². The number of hydrogen-bond donors (Lipinski definition) is 0. The Balaban J connectivity index is 1.98. The molecule has 0 fully saturated rings. The van der Waals surface area contributed by atoms with Crippen molar-refractivity contribution in [1.29, 1.82) is 0 Å². The van der Waals surface area contributed by atoms with Gasteiger partial charge < -0.3 is 9.64 Å². The van der Waals surface area contributed by atoms with Crippen molar-refractivity contribution in [1.82, 2.24) is 0 Å². The monoisotopic (exact) mass is 353 g/mol. The Hall–Kier alpha value is -1.52. The number of carbonyl (C=O) groups excluding carboxylic acids is 1. The molecule has 5 heteroatoms. The van der Waals surface area contributed by atoms with E-state index >= 15 is 0 Å². The van der Waals surface area contributed by atoms with Crippen molar-refractivity contribution >= 4 is 39.1 Å². The van der Waals surface area contributed by atoms with Gasteiger partial charge in [0.2, 0.25) is 0 Å². The molecule has 0 saturated carbocycles. The fourth-order valence-corrected chi connectivity index (χ4v) is 2.42. The Morgan fingerprint density at radius 2 is 1.95 bits per heavy atom. The molecule has 2 aromatic rings. The van der Waals surface area contributed by atoms with Crippen molar-refractivity contribution in [3.05, 3.63) is 58.0 Å². The van der Waals surface area contributed by atoms with Crippen LogP contribution in [0.1, 0.15) is 0 Å². The fraction of sp³-hybridized carbons (Fsp3) is 0.133. The third-order valence-corrected chi connectivity index (χ3v) is 3.62. The van der Waals surface area contributed by atoms with Gasteiger partial charge in [-0.05, 0) is 46.3 Å². The number of carbonyl (C=O) groups is 1. The minimum atomic E-state index is -0.127. The van der Waals surface area contributed by atoms with Crippen molar-refractivity contribution < 1.29 is 9.53 Å². The summed E-state index contributed by atoms with van der Waals surface area (Å²) in [5.74, 6) is 0.460. The second kappa shape index (κ2) is 6.77. The van der Waals surface area contributed by atoms with Crippen LogP contribution in [0.2, 0.25) is 5.02 Å². The summed E-state index contributed by atoms with van der Waals surface area (Å²) in [6, 6.07) is 14.6. The van der Waals surface area contributed by atoms with Crippen LogP contribution in [-0.2, 0) is 4.79 Å². The summed E-state index contributed by atoms with van der Waals surface area (Å²) in [7, 11) is 1.72. The zero-order valence-electron chi connectivity index (χ0n) is 10.8. The number of nitrogens with zero attached hydrogens (tertiary/aromatic N) is 1. The van der Waals surface area contributed by atoms with E-state index in [1.54, 1.807) is 30.1 Å². The van der Waals surface area contributed by atoms with Gasteiger partial charge in [-0.3, -0.25) is 4.79 Å². The van der Waals surface area contributed by atoms with Gasteiger partial charge in [-0.25, -0.2) is 0 Å². The van der Waals surface area contributed by atoms with Gasteiger partial charge in [0.05, 0.1) is 4.47 Å². The quantitative estimate of drug-likeness (QED) is 0.825. The molecule has 0 N–H and O–H groups in total. The van der Waals surface area contributed by atoms with Crippen LogP contribution < -0.4 is 9.64 Å². The van der Waals surface area contributed by atoms with Crippen LogP contribution >= 0.6 is 27.5 Å². The fourth-order valence-electron chi connectivity index (χ4n) is 1.62. The van der Waals surface area contributed by atoms with Gasteiger partial charge >= 0.3 is 0 Å². The molecule has 0 heterocycles. The maximum Gasteiger partial charge on any atom is 0.264 e. The van der Waals surface area contributed by atoms with Crippen LogP contribution in [0.5, 0.6) is 5.75 Å². The molecule has 2 aromatic carbocycles. The number of benzene rings is 2. The van der Waals surface area contributed by atoms with E-state index in [1.165, 1.54) is 0 Å². The van der Waals surface area contributed by atoms with Gasteiger partial charge in [-0.2, -0.15) is 0 Å². The van der Waals surface area contributed by atoms with Gasteiger partial charge in [-0.1, -0.05) is 29.8 Å². The maximum atomic E-state index is 12.1. The first kappa shape index (κ1) is 14.9.